The van der Waals surface area contributed by atoms with Crippen LogP contribution in [0, 0.1) is 0 Å². The minimum atomic E-state index is -0.363. The van der Waals surface area contributed by atoms with Crippen molar-refractivity contribution in [3.05, 3.63) is 53.9 Å². The van der Waals surface area contributed by atoms with Crippen LogP contribution < -0.4 is 16.0 Å². The maximum atomic E-state index is 11.3. The number of nitrogens with two attached hydrogens (primary N) is 1. The summed E-state index contributed by atoms with van der Waals surface area (Å²) in [6.45, 7) is 0.350. The molecule has 2 aromatic rings. The van der Waals surface area contributed by atoms with E-state index in [0.717, 1.165) is 11.4 Å². The van der Waals surface area contributed by atoms with Crippen molar-refractivity contribution in [2.75, 3.05) is 6.26 Å². The van der Waals surface area contributed by atoms with Crippen LogP contribution in [0.2, 0.25) is 0 Å². The molecule has 6 heteroatoms. The molecule has 0 saturated heterocycles. The average Bonchev–Trinajstić information content (AvgIpc) is 2.53. The van der Waals surface area contributed by atoms with Gasteiger partial charge in [-0.2, -0.15) is 0 Å². The lowest BCUT2D eigenvalue weighted by Crippen LogP contribution is -2.30. The Balaban J connectivity index is 1.94. The van der Waals surface area contributed by atoms with Gasteiger partial charge in [0.15, 0.2) is 0 Å². The van der Waals surface area contributed by atoms with Crippen LogP contribution in [0.3, 0.4) is 0 Å². The number of carbonyl (C=O) groups is 1. The van der Waals surface area contributed by atoms with Gasteiger partial charge in [-0.05, 0) is 42.7 Å². The normalized spacial score (nSPS) is 10.1. The number of hydrogen-bond donors (Lipinski definition) is 2. The monoisotopic (exact) mass is 289 g/mol. The number of hydrazine groups is 1. The van der Waals surface area contributed by atoms with Crippen LogP contribution in [0.4, 0.5) is 0 Å². The largest absolute Gasteiger partial charge is 0.487 e. The van der Waals surface area contributed by atoms with E-state index in [4.69, 9.17) is 10.6 Å². The molecule has 0 fully saturated rings. The van der Waals surface area contributed by atoms with Gasteiger partial charge in [-0.3, -0.25) is 15.2 Å². The minimum absolute atomic E-state index is 0.350. The first-order chi connectivity index (χ1) is 9.72. The first-order valence-corrected chi connectivity index (χ1v) is 7.18. The maximum absolute atomic E-state index is 11.3. The molecule has 0 unspecified atom stereocenters. The lowest BCUT2D eigenvalue weighted by atomic mass is 10.2. The van der Waals surface area contributed by atoms with Gasteiger partial charge < -0.3 is 4.74 Å². The summed E-state index contributed by atoms with van der Waals surface area (Å²) in [5.74, 6) is 5.47. The number of rotatable bonds is 5. The van der Waals surface area contributed by atoms with Crippen molar-refractivity contribution in [1.82, 2.24) is 10.4 Å². The number of carbonyl (C=O) groups excluding carboxylic acids is 1. The van der Waals surface area contributed by atoms with E-state index in [-0.39, 0.29) is 5.91 Å². The zero-order valence-corrected chi connectivity index (χ0v) is 11.8. The number of nitrogens with zero attached hydrogens (tertiary/aromatic N) is 1. The molecule has 0 aliphatic rings. The third kappa shape index (κ3) is 3.72. The Kier molecular flexibility index (Phi) is 4.97. The van der Waals surface area contributed by atoms with Crippen LogP contribution in [0.25, 0.3) is 0 Å². The number of hydrogen-bond acceptors (Lipinski definition) is 5. The highest BCUT2D eigenvalue weighted by atomic mass is 32.2. The second-order valence-corrected chi connectivity index (χ2v) is 4.86. The molecule has 0 aliphatic carbocycles. The van der Waals surface area contributed by atoms with Crippen molar-refractivity contribution in [3.63, 3.8) is 0 Å². The zero-order chi connectivity index (χ0) is 14.4. The van der Waals surface area contributed by atoms with Crippen LogP contribution in [-0.4, -0.2) is 17.1 Å². The Morgan fingerprint density at radius 2 is 2.05 bits per heavy atom. The standard InChI is InChI=1S/C14H15N3O2S/c1-20-13-6-4-12(5-7-13)19-9-11-3-2-10(8-16-11)14(18)17-15/h2-8H,9,15H2,1H3,(H,17,18). The molecule has 1 aromatic carbocycles. The molecular formula is C14H15N3O2S. The van der Waals surface area contributed by atoms with Gasteiger partial charge in [-0.1, -0.05) is 0 Å². The third-order valence-corrected chi connectivity index (χ3v) is 3.41. The van der Waals surface area contributed by atoms with Gasteiger partial charge in [0, 0.05) is 11.1 Å². The van der Waals surface area contributed by atoms with Crippen LogP contribution >= 0.6 is 11.8 Å². The van der Waals surface area contributed by atoms with Crippen LogP contribution in [0.5, 0.6) is 5.75 Å². The van der Waals surface area contributed by atoms with E-state index in [1.165, 1.54) is 11.1 Å². The second-order valence-electron chi connectivity index (χ2n) is 3.98. The van der Waals surface area contributed by atoms with Gasteiger partial charge in [0.1, 0.15) is 12.4 Å². The number of nitrogen functional groups attached to an aromatic ring is 1. The number of benzene rings is 1. The van der Waals surface area contributed by atoms with Crippen LogP contribution in [-0.2, 0) is 6.61 Å². The fourth-order valence-electron chi connectivity index (χ4n) is 1.56. The number of thioether (sulfide) groups is 1. The van der Waals surface area contributed by atoms with Gasteiger partial charge in [0.25, 0.3) is 5.91 Å². The van der Waals surface area contributed by atoms with Gasteiger partial charge in [0.05, 0.1) is 11.3 Å². The van der Waals surface area contributed by atoms with Crippen molar-refractivity contribution >= 4 is 17.7 Å². The molecule has 5 nitrogen and oxygen atoms in total. The first-order valence-electron chi connectivity index (χ1n) is 5.95. The molecule has 3 N–H and O–H groups in total. The summed E-state index contributed by atoms with van der Waals surface area (Å²) in [7, 11) is 0. The molecule has 0 spiro atoms. The molecule has 1 amide bonds. The summed E-state index contributed by atoms with van der Waals surface area (Å²) < 4.78 is 5.62. The minimum Gasteiger partial charge on any atom is -0.487 e. The molecule has 104 valence electrons. The SMILES string of the molecule is CSc1ccc(OCc2ccc(C(=O)NN)cn2)cc1. The van der Waals surface area contributed by atoms with E-state index < -0.39 is 0 Å². The van der Waals surface area contributed by atoms with Gasteiger partial charge in [-0.25, -0.2) is 5.84 Å². The van der Waals surface area contributed by atoms with E-state index in [1.54, 1.807) is 23.9 Å². The summed E-state index contributed by atoms with van der Waals surface area (Å²) in [6.07, 6.45) is 3.50. The van der Waals surface area contributed by atoms with Gasteiger partial charge in [-0.15, -0.1) is 11.8 Å². The van der Waals surface area contributed by atoms with Crippen molar-refractivity contribution < 1.29 is 9.53 Å². The average molecular weight is 289 g/mol. The fourth-order valence-corrected chi connectivity index (χ4v) is 1.96. The molecule has 2 rings (SSSR count). The summed E-state index contributed by atoms with van der Waals surface area (Å²) in [5, 5.41) is 0. The van der Waals surface area contributed by atoms with E-state index in [1.807, 2.05) is 30.5 Å². The van der Waals surface area contributed by atoms with Gasteiger partial charge >= 0.3 is 0 Å². The highest BCUT2D eigenvalue weighted by Gasteiger charge is 2.04. The van der Waals surface area contributed by atoms with E-state index in [9.17, 15) is 4.79 Å². The lowest BCUT2D eigenvalue weighted by molar-refractivity contribution is 0.0953. The maximum Gasteiger partial charge on any atom is 0.266 e. The Morgan fingerprint density at radius 1 is 1.30 bits per heavy atom. The molecule has 0 bridgehead atoms. The van der Waals surface area contributed by atoms with Crippen LogP contribution in [0.15, 0.2) is 47.5 Å². The summed E-state index contributed by atoms with van der Waals surface area (Å²) in [5.41, 5.74) is 3.22. The Hall–Kier alpha value is -2.05. The Morgan fingerprint density at radius 3 is 2.60 bits per heavy atom. The molecular weight excluding hydrogens is 274 g/mol. The summed E-state index contributed by atoms with van der Waals surface area (Å²) in [4.78, 5) is 16.6. The zero-order valence-electron chi connectivity index (χ0n) is 11.0. The van der Waals surface area contributed by atoms with E-state index in [0.29, 0.717) is 12.2 Å². The molecule has 0 radical (unpaired) electrons. The van der Waals surface area contributed by atoms with E-state index in [2.05, 4.69) is 10.4 Å². The van der Waals surface area contributed by atoms with E-state index >= 15 is 0 Å². The Bertz CT molecular complexity index is 570. The molecule has 0 saturated carbocycles. The number of amides is 1. The van der Waals surface area contributed by atoms with Crippen molar-refractivity contribution in [2.45, 2.75) is 11.5 Å². The number of aromatic nitrogens is 1. The second kappa shape index (κ2) is 6.93. The summed E-state index contributed by atoms with van der Waals surface area (Å²) >= 11 is 1.68. The number of pyridine rings is 1. The quantitative estimate of drug-likeness (QED) is 0.381. The topological polar surface area (TPSA) is 77.2 Å². The first kappa shape index (κ1) is 14.4. The number of nitrogens with one attached hydrogen (secondary N) is 1. The lowest BCUT2D eigenvalue weighted by Gasteiger charge is -2.07. The summed E-state index contributed by atoms with van der Waals surface area (Å²) in [6, 6.07) is 11.2. The predicted molar refractivity (Wildman–Crippen MR) is 78.4 cm³/mol. The number of ether oxygens (including phenoxy) is 1. The van der Waals surface area contributed by atoms with Crippen molar-refractivity contribution in [2.24, 2.45) is 5.84 Å². The predicted octanol–water partition coefficient (Wildman–Crippen LogP) is 1.99. The third-order valence-electron chi connectivity index (χ3n) is 2.66. The molecule has 1 heterocycles. The fraction of sp³-hybridized carbons (Fsp3) is 0.143. The smallest absolute Gasteiger partial charge is 0.266 e. The Labute approximate surface area is 121 Å². The van der Waals surface area contributed by atoms with Gasteiger partial charge in [0.2, 0.25) is 0 Å². The van der Waals surface area contributed by atoms with Crippen LogP contribution in [0.1, 0.15) is 16.1 Å². The molecule has 0 atom stereocenters. The van der Waals surface area contributed by atoms with Crippen molar-refractivity contribution in [3.8, 4) is 5.75 Å². The van der Waals surface area contributed by atoms with Crippen molar-refractivity contribution in [1.29, 1.82) is 0 Å². The molecule has 20 heavy (non-hydrogen) atoms. The molecule has 0 aliphatic heterocycles. The molecule has 1 aromatic heterocycles. The highest BCUT2D eigenvalue weighted by molar-refractivity contribution is 7.98. The highest BCUT2D eigenvalue weighted by Crippen LogP contribution is 2.19.